The van der Waals surface area contributed by atoms with Crippen LogP contribution in [0, 0.1) is 13.8 Å². The number of carbonyl (C=O) groups excluding carboxylic acids is 4. The quantitative estimate of drug-likeness (QED) is 0.0649. The number of halogens is 3. The second kappa shape index (κ2) is 18.8. The number of benzene rings is 1. The predicted molar refractivity (Wildman–Crippen MR) is 231 cm³/mol. The Bertz CT molecular complexity index is 2820. The maximum atomic E-state index is 13.9. The molecule has 5 aromatic heterocycles. The lowest BCUT2D eigenvalue weighted by Gasteiger charge is -2.33. The molecule has 0 bridgehead atoms. The maximum Gasteiger partial charge on any atom is 0.415 e. The highest BCUT2D eigenvalue weighted by Gasteiger charge is 2.43. The van der Waals surface area contributed by atoms with Crippen LogP contribution in [0.5, 0.6) is 5.75 Å². The summed E-state index contributed by atoms with van der Waals surface area (Å²) in [6.45, 7) is 8.25. The summed E-state index contributed by atoms with van der Waals surface area (Å²) in [7, 11) is 0. The number of pyridine rings is 1. The van der Waals surface area contributed by atoms with E-state index >= 15 is 0 Å². The van der Waals surface area contributed by atoms with E-state index in [2.05, 4.69) is 35.8 Å². The van der Waals surface area contributed by atoms with Crippen LogP contribution in [0.2, 0.25) is 0 Å². The van der Waals surface area contributed by atoms with Crippen molar-refractivity contribution in [1.29, 1.82) is 0 Å². The lowest BCUT2D eigenvalue weighted by Crippen LogP contribution is -2.49. The third-order valence-corrected chi connectivity index (χ3v) is 10.7. The number of nitrogens with two attached hydrogens (primary N) is 3. The number of anilines is 3. The molecule has 1 aromatic carbocycles. The fraction of sp³-hybridized carbons (Fsp3) is 0.390. The van der Waals surface area contributed by atoms with Crippen molar-refractivity contribution in [3.05, 3.63) is 76.5 Å². The van der Waals surface area contributed by atoms with E-state index in [-0.39, 0.29) is 90.6 Å². The van der Waals surface area contributed by atoms with Crippen molar-refractivity contribution in [2.45, 2.75) is 72.6 Å². The van der Waals surface area contributed by atoms with Gasteiger partial charge in [0.25, 0.3) is 11.8 Å². The van der Waals surface area contributed by atoms with Gasteiger partial charge in [-0.2, -0.15) is 23.4 Å². The van der Waals surface area contributed by atoms with Crippen LogP contribution in [0.15, 0.2) is 42.6 Å². The van der Waals surface area contributed by atoms with Crippen molar-refractivity contribution < 1.29 is 41.8 Å². The molecule has 6 aromatic rings. The number of hydrogen-bond donors (Lipinski definition) is 5. The van der Waals surface area contributed by atoms with Crippen LogP contribution in [0.1, 0.15) is 73.3 Å². The number of ether oxygens (including phenoxy) is 2. The van der Waals surface area contributed by atoms with Crippen molar-refractivity contribution in [3.8, 4) is 5.75 Å². The molecule has 7 rings (SSSR count). The highest BCUT2D eigenvalue weighted by Crippen LogP contribution is 2.32. The monoisotopic (exact) mass is 903 g/mol. The van der Waals surface area contributed by atoms with Gasteiger partial charge in [0.1, 0.15) is 28.2 Å². The Kier molecular flexibility index (Phi) is 13.2. The second-order valence-electron chi connectivity index (χ2n) is 15.2. The van der Waals surface area contributed by atoms with Crippen LogP contribution in [0.25, 0.3) is 22.2 Å². The molecule has 0 saturated carbocycles. The number of nitrogens with zero attached hydrogens (tertiary/aromatic N) is 10. The summed E-state index contributed by atoms with van der Waals surface area (Å²) < 4.78 is 57.5. The van der Waals surface area contributed by atoms with Gasteiger partial charge in [-0.15, -0.1) is 0 Å². The molecule has 21 nitrogen and oxygen atoms in total. The zero-order chi connectivity index (χ0) is 46.7. The molecule has 1 atom stereocenters. The minimum Gasteiger partial charge on any atom is -0.491 e. The number of aromatic nitrogens is 9. The van der Waals surface area contributed by atoms with E-state index < -0.39 is 35.9 Å². The van der Waals surface area contributed by atoms with E-state index in [1.165, 1.54) is 29.1 Å². The van der Waals surface area contributed by atoms with Gasteiger partial charge in [0.2, 0.25) is 23.7 Å². The number of morpholine rings is 1. The normalized spacial score (nSPS) is 14.7. The molecule has 8 N–H and O–H groups in total. The standard InChI is InChI=1S/C41H48F3N15O6/c1-5-58-28(16-22(3)53-58)37(62)51-40-50-27-18-25(35(47)61)20-48-36(27)57(40)12-8-7-11-56-32-26(49-39(56)52-38(63)33-31(45)23(4)54-59(33)6-2)17-24(34(46)60)19-29(32)64-14-9-10-55-13-15-65-30(21-55)41(42,43)44/h7-8,16-20,30H,5-6,9-15,21,45H2,1-4H3,(H2,46,60)(H2,47,61)(H,49,52,63)(H,50,51,62)/b8-7+. The number of alkyl halides is 3. The average Bonchev–Trinajstić information content (AvgIpc) is 4.00. The van der Waals surface area contributed by atoms with Crippen LogP contribution in [-0.2, 0) is 30.9 Å². The van der Waals surface area contributed by atoms with Crippen molar-refractivity contribution in [2.24, 2.45) is 11.5 Å². The number of amides is 4. The number of aryl methyl sites for hydroxylation is 4. The summed E-state index contributed by atoms with van der Waals surface area (Å²) >= 11 is 0. The number of primary amides is 2. The Morgan fingerprint density at radius 3 is 2.25 bits per heavy atom. The number of nitrogens with one attached hydrogen (secondary N) is 2. The van der Waals surface area contributed by atoms with Crippen LogP contribution in [0.4, 0.5) is 30.8 Å². The predicted octanol–water partition coefficient (Wildman–Crippen LogP) is 3.40. The summed E-state index contributed by atoms with van der Waals surface area (Å²) in [6.07, 6.45) is -1.26. The van der Waals surface area contributed by atoms with Crippen molar-refractivity contribution in [3.63, 3.8) is 0 Å². The SMILES string of the molecule is CCn1nc(C)cc1C(=O)Nc1nc2cc(C(N)=O)cnc2n1C/C=C/Cn1c(NC(=O)c2c(N)c(C)nn2CC)nc2cc(C(N)=O)cc(OCCCN3CCOC(C(F)(F)F)C3)c21. The summed E-state index contributed by atoms with van der Waals surface area (Å²) in [5.74, 6) is -2.26. The summed E-state index contributed by atoms with van der Waals surface area (Å²) in [5.41, 5.74) is 20.6. The molecule has 1 aliphatic heterocycles. The average molecular weight is 904 g/mol. The highest BCUT2D eigenvalue weighted by atomic mass is 19.4. The van der Waals surface area contributed by atoms with E-state index in [1.54, 1.807) is 57.7 Å². The lowest BCUT2D eigenvalue weighted by molar-refractivity contribution is -0.237. The smallest absolute Gasteiger partial charge is 0.415 e. The van der Waals surface area contributed by atoms with E-state index in [4.69, 9.17) is 26.7 Å². The van der Waals surface area contributed by atoms with Gasteiger partial charge in [-0.1, -0.05) is 12.2 Å². The van der Waals surface area contributed by atoms with Crippen LogP contribution in [-0.4, -0.2) is 117 Å². The number of nitrogen functional groups attached to an aromatic ring is 1. The summed E-state index contributed by atoms with van der Waals surface area (Å²) in [5, 5.41) is 14.4. The van der Waals surface area contributed by atoms with Crippen LogP contribution < -0.4 is 32.6 Å². The molecule has 1 saturated heterocycles. The van der Waals surface area contributed by atoms with Crippen molar-refractivity contribution in [2.75, 3.05) is 49.2 Å². The molecular weight excluding hydrogens is 856 g/mol. The van der Waals surface area contributed by atoms with Gasteiger partial charge in [-0.3, -0.25) is 48.6 Å². The zero-order valence-corrected chi connectivity index (χ0v) is 36.0. The van der Waals surface area contributed by atoms with Gasteiger partial charge < -0.3 is 31.2 Å². The zero-order valence-electron chi connectivity index (χ0n) is 36.0. The van der Waals surface area contributed by atoms with Gasteiger partial charge in [-0.25, -0.2) is 15.0 Å². The Morgan fingerprint density at radius 2 is 1.55 bits per heavy atom. The Balaban J connectivity index is 1.22. The third kappa shape index (κ3) is 9.77. The molecular formula is C41H48F3N15O6. The van der Waals surface area contributed by atoms with Gasteiger partial charge in [0.15, 0.2) is 11.8 Å². The summed E-state index contributed by atoms with van der Waals surface area (Å²) in [6, 6.07) is 6.00. The van der Waals surface area contributed by atoms with Crippen molar-refractivity contribution in [1.82, 2.24) is 48.5 Å². The van der Waals surface area contributed by atoms with E-state index in [1.807, 2.05) is 6.92 Å². The molecule has 0 spiro atoms. The number of carbonyl (C=O) groups is 4. The number of hydrogen-bond acceptors (Lipinski definition) is 13. The van der Waals surface area contributed by atoms with Crippen LogP contribution >= 0.6 is 0 Å². The van der Waals surface area contributed by atoms with Gasteiger partial charge in [-0.05, 0) is 58.4 Å². The van der Waals surface area contributed by atoms with E-state index in [0.717, 1.165) is 0 Å². The first-order valence-electron chi connectivity index (χ1n) is 20.7. The van der Waals surface area contributed by atoms with E-state index in [9.17, 15) is 32.3 Å². The number of imidazole rings is 2. The number of fused-ring (bicyclic) bond motifs is 2. The first kappa shape index (κ1) is 45.7. The molecule has 1 unspecified atom stereocenters. The Morgan fingerprint density at radius 1 is 0.892 bits per heavy atom. The summed E-state index contributed by atoms with van der Waals surface area (Å²) in [4.78, 5) is 67.3. The molecule has 65 heavy (non-hydrogen) atoms. The van der Waals surface area contributed by atoms with Crippen molar-refractivity contribution >= 4 is 63.4 Å². The first-order valence-corrected chi connectivity index (χ1v) is 20.7. The molecule has 344 valence electrons. The van der Waals surface area contributed by atoms with Gasteiger partial charge in [0, 0.05) is 57.6 Å². The van der Waals surface area contributed by atoms with Gasteiger partial charge >= 0.3 is 6.18 Å². The molecule has 1 aliphatic rings. The third-order valence-electron chi connectivity index (χ3n) is 10.7. The van der Waals surface area contributed by atoms with E-state index in [0.29, 0.717) is 54.3 Å². The lowest BCUT2D eigenvalue weighted by atomic mass is 10.1. The molecule has 4 amide bonds. The minimum atomic E-state index is -4.49. The maximum absolute atomic E-state index is 13.9. The molecule has 1 fully saturated rings. The molecule has 24 heteroatoms. The molecule has 6 heterocycles. The van der Waals surface area contributed by atoms with Crippen LogP contribution in [0.3, 0.4) is 0 Å². The Labute approximate surface area is 368 Å². The first-order chi connectivity index (χ1) is 31.0. The highest BCUT2D eigenvalue weighted by molar-refractivity contribution is 6.07. The fourth-order valence-electron chi connectivity index (χ4n) is 7.46. The molecule has 0 radical (unpaired) electrons. The second-order valence-corrected chi connectivity index (χ2v) is 15.2. The minimum absolute atomic E-state index is 0.0326. The van der Waals surface area contributed by atoms with Gasteiger partial charge in [0.05, 0.1) is 41.4 Å². The molecule has 0 aliphatic carbocycles. The fourth-order valence-corrected chi connectivity index (χ4v) is 7.46. The Hall–Kier alpha value is -7.34. The largest absolute Gasteiger partial charge is 0.491 e. The number of rotatable bonds is 17. The number of allylic oxidation sites excluding steroid dienone is 2. The topological polar surface area (TPSA) is 276 Å².